The third-order valence-corrected chi connectivity index (χ3v) is 12.7. The topological polar surface area (TPSA) is 143 Å². The summed E-state index contributed by atoms with van der Waals surface area (Å²) < 4.78 is 38.2. The predicted molar refractivity (Wildman–Crippen MR) is 236 cm³/mol. The van der Waals surface area contributed by atoms with Crippen LogP contribution in [-0.2, 0) is 24.1 Å². The number of piperidine rings is 1. The average Bonchev–Trinajstić information content (AvgIpc) is 3.68. The highest BCUT2D eigenvalue weighted by atomic mass is 19.1. The third kappa shape index (κ3) is 10.5. The number of rotatable bonds is 14. The lowest BCUT2D eigenvalue weighted by Gasteiger charge is -2.47. The molecule has 4 aromatic rings. The maximum atomic E-state index is 13.7. The number of hydrogen-bond acceptors (Lipinski definition) is 9. The van der Waals surface area contributed by atoms with E-state index in [0.29, 0.717) is 62.9 Å². The van der Waals surface area contributed by atoms with Gasteiger partial charge in [-0.1, -0.05) is 18.2 Å². The molecule has 7 atom stereocenters. The Bertz CT molecular complexity index is 2110. The first kappa shape index (κ1) is 45.2. The summed E-state index contributed by atoms with van der Waals surface area (Å²) in [4.78, 5) is 35.9. The minimum absolute atomic E-state index is 0.0562. The number of carbonyl (C=O) groups excluding carboxylic acids is 2. The molecule has 1 aliphatic carbocycles. The fraction of sp³-hybridized carbons (Fsp3) is 0.500. The van der Waals surface area contributed by atoms with Gasteiger partial charge in [0, 0.05) is 68.3 Å². The van der Waals surface area contributed by atoms with Crippen LogP contribution in [0.25, 0.3) is 10.9 Å². The van der Waals surface area contributed by atoms with E-state index in [1.54, 1.807) is 12.1 Å². The summed E-state index contributed by atoms with van der Waals surface area (Å²) in [7, 11) is 4.01. The van der Waals surface area contributed by atoms with Gasteiger partial charge in [0.05, 0.1) is 5.92 Å². The van der Waals surface area contributed by atoms with Crippen molar-refractivity contribution in [2.24, 2.45) is 5.92 Å². The number of urea groups is 1. The Morgan fingerprint density at radius 3 is 2.19 bits per heavy atom. The van der Waals surface area contributed by atoms with Crippen LogP contribution in [0.5, 0.6) is 11.5 Å². The van der Waals surface area contributed by atoms with E-state index in [1.807, 2.05) is 27.1 Å². The van der Waals surface area contributed by atoms with E-state index in [0.717, 1.165) is 49.0 Å². The summed E-state index contributed by atoms with van der Waals surface area (Å²) in [6.45, 7) is 9.54. The van der Waals surface area contributed by atoms with Gasteiger partial charge in [0.25, 0.3) is 0 Å². The number of fused-ring (bicyclic) bond motifs is 4. The van der Waals surface area contributed by atoms with Crippen LogP contribution in [0.1, 0.15) is 60.8 Å². The first-order valence-corrected chi connectivity index (χ1v) is 22.1. The van der Waals surface area contributed by atoms with Crippen molar-refractivity contribution >= 4 is 22.8 Å². The zero-order valence-corrected chi connectivity index (χ0v) is 36.1. The number of halogens is 2. The number of amides is 3. The van der Waals surface area contributed by atoms with Gasteiger partial charge in [0.15, 0.2) is 0 Å². The molecule has 1 fully saturated rings. The van der Waals surface area contributed by atoms with Gasteiger partial charge < -0.3 is 40.2 Å². The van der Waals surface area contributed by atoms with Gasteiger partial charge in [-0.05, 0) is 137 Å². The van der Waals surface area contributed by atoms with E-state index in [1.165, 1.54) is 45.7 Å². The van der Waals surface area contributed by atoms with Crippen LogP contribution in [-0.4, -0.2) is 132 Å². The van der Waals surface area contributed by atoms with Crippen molar-refractivity contribution in [3.8, 4) is 11.5 Å². The molecular formula is C48H62F2N6O6. The van der Waals surface area contributed by atoms with E-state index < -0.39 is 12.2 Å². The number of likely N-dealkylation sites (tertiary alicyclic amines) is 1. The molecule has 4 heterocycles. The number of aromatic nitrogens is 1. The molecule has 0 saturated carbocycles. The summed E-state index contributed by atoms with van der Waals surface area (Å²) >= 11 is 0. The van der Waals surface area contributed by atoms with Crippen LogP contribution >= 0.6 is 0 Å². The number of imide groups is 1. The molecule has 3 aromatic carbocycles. The molecule has 1 saturated heterocycles. The number of aliphatic hydroxyl groups excluding tert-OH is 2. The number of aliphatic hydroxyl groups is 2. The summed E-state index contributed by atoms with van der Waals surface area (Å²) in [5.41, 5.74) is 5.47. The van der Waals surface area contributed by atoms with Crippen LogP contribution in [0.4, 0.5) is 13.6 Å². The fourth-order valence-electron chi connectivity index (χ4n) is 9.62. The lowest BCUT2D eigenvalue weighted by atomic mass is 9.72. The fourth-order valence-corrected chi connectivity index (χ4v) is 9.62. The third-order valence-electron chi connectivity index (χ3n) is 12.7. The second-order valence-corrected chi connectivity index (χ2v) is 17.3. The lowest BCUT2D eigenvalue weighted by molar-refractivity contribution is -0.135. The quantitative estimate of drug-likeness (QED) is 0.103. The molecular weight excluding hydrogens is 795 g/mol. The van der Waals surface area contributed by atoms with Gasteiger partial charge in [-0.2, -0.15) is 0 Å². The number of hydrogen-bond donors (Lipinski definition) is 5. The van der Waals surface area contributed by atoms with Crippen LogP contribution in [0.2, 0.25) is 0 Å². The zero-order valence-electron chi connectivity index (χ0n) is 36.1. The molecule has 0 bridgehead atoms. The first-order valence-electron chi connectivity index (χ1n) is 22.1. The molecule has 12 nitrogen and oxygen atoms in total. The normalized spacial score (nSPS) is 22.4. The van der Waals surface area contributed by atoms with Gasteiger partial charge in [0.2, 0.25) is 5.91 Å². The van der Waals surface area contributed by atoms with E-state index in [-0.39, 0.29) is 60.7 Å². The largest absolute Gasteiger partial charge is 0.487 e. The Balaban J connectivity index is 0.000000188. The zero-order chi connectivity index (χ0) is 43.9. The van der Waals surface area contributed by atoms with Gasteiger partial charge in [0.1, 0.15) is 47.5 Å². The number of aromatic amines is 1. The number of nitrogens with zero attached hydrogens (tertiary/aromatic N) is 3. The van der Waals surface area contributed by atoms with Gasteiger partial charge in [-0.25, -0.2) is 13.6 Å². The molecule has 4 unspecified atom stereocenters. The lowest BCUT2D eigenvalue weighted by Crippen LogP contribution is -2.55. The first-order chi connectivity index (χ1) is 29.9. The minimum Gasteiger partial charge on any atom is -0.487 e. The molecule has 5 N–H and O–H groups in total. The molecule has 8 rings (SSSR count). The highest BCUT2D eigenvalue weighted by Crippen LogP contribution is 2.45. The molecule has 1 aromatic heterocycles. The summed E-state index contributed by atoms with van der Waals surface area (Å²) in [5.74, 6) is 0.611. The Morgan fingerprint density at radius 2 is 1.60 bits per heavy atom. The Kier molecular flexibility index (Phi) is 15.0. The second-order valence-electron chi connectivity index (χ2n) is 17.3. The van der Waals surface area contributed by atoms with Crippen molar-refractivity contribution in [2.75, 3.05) is 59.9 Å². The minimum atomic E-state index is -0.753. The summed E-state index contributed by atoms with van der Waals surface area (Å²) in [6, 6.07) is 15.3. The van der Waals surface area contributed by atoms with Crippen molar-refractivity contribution < 1.29 is 38.1 Å². The predicted octanol–water partition coefficient (Wildman–Crippen LogP) is 5.56. The molecule has 4 aliphatic rings. The number of benzene rings is 3. The molecule has 3 amide bonds. The highest BCUT2D eigenvalue weighted by molar-refractivity contribution is 5.96. The molecule has 0 radical (unpaired) electrons. The smallest absolute Gasteiger partial charge is 0.324 e. The Morgan fingerprint density at radius 1 is 0.952 bits per heavy atom. The van der Waals surface area contributed by atoms with Crippen LogP contribution < -0.4 is 20.1 Å². The number of aryl methyl sites for hydroxylation is 2. The van der Waals surface area contributed by atoms with E-state index in [9.17, 15) is 28.6 Å². The molecule has 3 aliphatic heterocycles. The van der Waals surface area contributed by atoms with E-state index in [4.69, 9.17) is 9.47 Å². The number of H-pyrrole nitrogens is 1. The Labute approximate surface area is 363 Å². The van der Waals surface area contributed by atoms with Crippen LogP contribution in [0.3, 0.4) is 0 Å². The van der Waals surface area contributed by atoms with Gasteiger partial charge in [-0.3, -0.25) is 14.6 Å². The van der Waals surface area contributed by atoms with Crippen molar-refractivity contribution in [3.63, 3.8) is 0 Å². The van der Waals surface area contributed by atoms with Crippen molar-refractivity contribution in [1.29, 1.82) is 0 Å². The van der Waals surface area contributed by atoms with Crippen molar-refractivity contribution in [1.82, 2.24) is 30.3 Å². The van der Waals surface area contributed by atoms with E-state index in [2.05, 4.69) is 56.4 Å². The number of nitrogens with one attached hydrogen (secondary N) is 3. The Hall–Kier alpha value is -4.86. The maximum absolute atomic E-state index is 13.7. The monoisotopic (exact) mass is 856 g/mol. The van der Waals surface area contributed by atoms with Crippen molar-refractivity contribution in [2.45, 2.75) is 88.2 Å². The number of carbonyl (C=O) groups is 2. The van der Waals surface area contributed by atoms with Gasteiger partial charge in [-0.15, -0.1) is 6.58 Å². The molecule has 334 valence electrons. The molecule has 62 heavy (non-hydrogen) atoms. The maximum Gasteiger partial charge on any atom is 0.324 e. The van der Waals surface area contributed by atoms with Crippen LogP contribution in [0.15, 0.2) is 73.4 Å². The molecule has 0 spiro atoms. The van der Waals surface area contributed by atoms with Crippen molar-refractivity contribution in [3.05, 3.63) is 107 Å². The average molecular weight is 857 g/mol. The van der Waals surface area contributed by atoms with Crippen LogP contribution in [0, 0.1) is 17.6 Å². The standard InChI is InChI=1S/C26H37N5O2.C22H25F2NO4/c1-5-11-30-17-19(25(32)31(26(33)27-6-2)13-8-12-29(3)4)14-21-20-9-7-10-22-24(20)18(16-28-22)15-23(21)30;23-15-3-7-19-13(9-15)1-5-21(28-19)17(26)11-25-12-18(27)22-6-2-14-10-16(24)4-8-20(14)29-22/h5,7,9-10,16,19,21,23,28H,1,6,8,11-15,17H2,2-4H3,(H,27,33);3-4,7-10,17-18,21-22,25-27H,1-2,5-6,11-12H2/t19-,21-,23-;/m1./s1. The summed E-state index contributed by atoms with van der Waals surface area (Å²) in [5, 5.41) is 28.1. The molecule has 14 heteroatoms. The van der Waals surface area contributed by atoms with Gasteiger partial charge >= 0.3 is 6.03 Å². The highest BCUT2D eigenvalue weighted by Gasteiger charge is 2.44. The van der Waals surface area contributed by atoms with E-state index >= 15 is 0 Å². The SMILES string of the molecule is C=CCN1C[C@H](C(=O)N(CCCN(C)C)C(=O)NCC)C[C@@H]2c3cccc4[nH]cc(c34)C[C@H]21.OC(CNCC(O)C1CCc2cc(F)ccc2O1)C1CCc2cc(F)ccc2O1. The second kappa shape index (κ2) is 20.5. The number of ether oxygens (including phenoxy) is 2. The summed E-state index contributed by atoms with van der Waals surface area (Å²) in [6.07, 6.45) is 6.78.